The topological polar surface area (TPSA) is 34.9 Å². The molecule has 4 heteroatoms. The second kappa shape index (κ2) is 4.90. The molecule has 0 saturated heterocycles. The molecule has 0 aliphatic carbocycles. The van der Waals surface area contributed by atoms with E-state index in [4.69, 9.17) is 0 Å². The maximum Gasteiger partial charge on any atom is 0.283 e. The Morgan fingerprint density at radius 1 is 1.00 bits per heavy atom. The number of nitrogens with zero attached hydrogens (tertiary/aromatic N) is 2. The zero-order valence-corrected chi connectivity index (χ0v) is 11.2. The Labute approximate surface area is 114 Å². The predicted molar refractivity (Wildman–Crippen MR) is 77.5 cm³/mol. The minimum atomic E-state index is -0.0625. The number of hydrogen-bond donors (Lipinski definition) is 0. The van der Waals surface area contributed by atoms with E-state index in [9.17, 15) is 4.79 Å². The Bertz CT molecular complexity index is 781. The van der Waals surface area contributed by atoms with Crippen molar-refractivity contribution in [3.63, 3.8) is 0 Å². The van der Waals surface area contributed by atoms with E-state index < -0.39 is 0 Å². The third-order valence-corrected chi connectivity index (χ3v) is 3.88. The average Bonchev–Trinajstić information content (AvgIpc) is 2.46. The Balaban J connectivity index is 2.14. The molecule has 0 spiro atoms. The highest BCUT2D eigenvalue weighted by atomic mass is 32.2. The first kappa shape index (κ1) is 12.0. The van der Waals surface area contributed by atoms with Crippen molar-refractivity contribution in [3.05, 3.63) is 65.0 Å². The molecule has 0 fully saturated rings. The van der Waals surface area contributed by atoms with Crippen LogP contribution in [0.15, 0.2) is 69.3 Å². The van der Waals surface area contributed by atoms with Crippen molar-refractivity contribution in [1.82, 2.24) is 9.55 Å². The first-order valence-corrected chi connectivity index (χ1v) is 6.76. The molecule has 0 amide bonds. The first-order chi connectivity index (χ1) is 9.25. The van der Waals surface area contributed by atoms with Crippen LogP contribution in [0.25, 0.3) is 11.0 Å². The lowest BCUT2D eigenvalue weighted by Crippen LogP contribution is -2.20. The Kier molecular flexibility index (Phi) is 3.09. The molecule has 3 rings (SSSR count). The van der Waals surface area contributed by atoms with E-state index in [0.29, 0.717) is 5.03 Å². The van der Waals surface area contributed by atoms with Gasteiger partial charge in [0, 0.05) is 11.9 Å². The lowest BCUT2D eigenvalue weighted by atomic mass is 10.3. The van der Waals surface area contributed by atoms with Gasteiger partial charge in [-0.25, -0.2) is 4.98 Å². The molecule has 3 aromatic rings. The molecule has 94 valence electrons. The summed E-state index contributed by atoms with van der Waals surface area (Å²) in [7, 11) is 1.78. The van der Waals surface area contributed by atoms with E-state index in [1.165, 1.54) is 11.8 Å². The van der Waals surface area contributed by atoms with Crippen molar-refractivity contribution in [2.75, 3.05) is 0 Å². The summed E-state index contributed by atoms with van der Waals surface area (Å²) >= 11 is 1.40. The van der Waals surface area contributed by atoms with Gasteiger partial charge in [-0.3, -0.25) is 4.79 Å². The van der Waals surface area contributed by atoms with Gasteiger partial charge in [0.05, 0.1) is 11.0 Å². The zero-order valence-electron chi connectivity index (χ0n) is 10.4. The first-order valence-electron chi connectivity index (χ1n) is 5.94. The summed E-state index contributed by atoms with van der Waals surface area (Å²) in [6.07, 6.45) is 0. The molecule has 0 atom stereocenters. The van der Waals surface area contributed by atoms with E-state index in [1.807, 2.05) is 54.6 Å². The van der Waals surface area contributed by atoms with Crippen LogP contribution in [0.5, 0.6) is 0 Å². The quantitative estimate of drug-likeness (QED) is 0.716. The summed E-state index contributed by atoms with van der Waals surface area (Å²) in [6.45, 7) is 0. The van der Waals surface area contributed by atoms with Crippen molar-refractivity contribution in [2.24, 2.45) is 7.05 Å². The average molecular weight is 268 g/mol. The molecule has 0 aliphatic rings. The van der Waals surface area contributed by atoms with Crippen LogP contribution in [0.2, 0.25) is 0 Å². The highest BCUT2D eigenvalue weighted by Crippen LogP contribution is 2.24. The predicted octanol–water partition coefficient (Wildman–Crippen LogP) is 3.08. The van der Waals surface area contributed by atoms with Crippen LogP contribution in [-0.4, -0.2) is 9.55 Å². The highest BCUT2D eigenvalue weighted by molar-refractivity contribution is 7.99. The van der Waals surface area contributed by atoms with E-state index in [1.54, 1.807) is 11.6 Å². The van der Waals surface area contributed by atoms with Gasteiger partial charge in [-0.1, -0.05) is 42.1 Å². The summed E-state index contributed by atoms with van der Waals surface area (Å²) < 4.78 is 1.65. The van der Waals surface area contributed by atoms with Gasteiger partial charge < -0.3 is 4.57 Å². The fourth-order valence-corrected chi connectivity index (χ4v) is 2.80. The van der Waals surface area contributed by atoms with Crippen molar-refractivity contribution in [3.8, 4) is 0 Å². The van der Waals surface area contributed by atoms with Crippen LogP contribution in [0.3, 0.4) is 0 Å². The molecule has 0 unspecified atom stereocenters. The normalized spacial score (nSPS) is 10.8. The lowest BCUT2D eigenvalue weighted by Gasteiger charge is -2.07. The van der Waals surface area contributed by atoms with Crippen molar-refractivity contribution in [2.45, 2.75) is 9.92 Å². The number of rotatable bonds is 2. The molecule has 1 heterocycles. The summed E-state index contributed by atoms with van der Waals surface area (Å²) in [5.74, 6) is 0. The summed E-state index contributed by atoms with van der Waals surface area (Å²) in [5.41, 5.74) is 1.63. The van der Waals surface area contributed by atoms with Crippen LogP contribution >= 0.6 is 11.8 Å². The molecule has 0 saturated carbocycles. The third kappa shape index (κ3) is 2.27. The fraction of sp³-hybridized carbons (Fsp3) is 0.0667. The molecule has 0 radical (unpaired) electrons. The maximum atomic E-state index is 12.3. The SMILES string of the molecule is Cn1c(=O)c(Sc2ccccc2)nc2ccccc21. The van der Waals surface area contributed by atoms with Crippen LogP contribution < -0.4 is 5.56 Å². The summed E-state index contributed by atoms with van der Waals surface area (Å²) in [5, 5.41) is 0.507. The number of aryl methyl sites for hydroxylation is 1. The number of aromatic nitrogens is 2. The largest absolute Gasteiger partial charge is 0.308 e. The fourth-order valence-electron chi connectivity index (χ4n) is 1.92. The Morgan fingerprint density at radius 2 is 1.68 bits per heavy atom. The van der Waals surface area contributed by atoms with Crippen LogP contribution in [0, 0.1) is 0 Å². The number of para-hydroxylation sites is 2. The van der Waals surface area contributed by atoms with Gasteiger partial charge in [0.2, 0.25) is 0 Å². The number of fused-ring (bicyclic) bond motifs is 1. The zero-order chi connectivity index (χ0) is 13.2. The molecule has 0 aliphatic heterocycles. The number of benzene rings is 2. The van der Waals surface area contributed by atoms with Crippen LogP contribution in [0.1, 0.15) is 0 Å². The minimum absolute atomic E-state index is 0.0625. The third-order valence-electron chi connectivity index (χ3n) is 2.91. The molecular weight excluding hydrogens is 256 g/mol. The maximum absolute atomic E-state index is 12.3. The van der Waals surface area contributed by atoms with Crippen molar-refractivity contribution in [1.29, 1.82) is 0 Å². The molecule has 2 aromatic carbocycles. The smallest absolute Gasteiger partial charge is 0.283 e. The second-order valence-electron chi connectivity index (χ2n) is 4.18. The van der Waals surface area contributed by atoms with Gasteiger partial charge in [-0.15, -0.1) is 0 Å². The molecular formula is C15H12N2OS. The monoisotopic (exact) mass is 268 g/mol. The van der Waals surface area contributed by atoms with Gasteiger partial charge in [-0.2, -0.15) is 0 Å². The van der Waals surface area contributed by atoms with Gasteiger partial charge in [0.1, 0.15) is 0 Å². The van der Waals surface area contributed by atoms with Crippen LogP contribution in [0.4, 0.5) is 0 Å². The van der Waals surface area contributed by atoms with Crippen LogP contribution in [-0.2, 0) is 7.05 Å². The summed E-state index contributed by atoms with van der Waals surface area (Å²) in [4.78, 5) is 17.7. The molecule has 19 heavy (non-hydrogen) atoms. The van der Waals surface area contributed by atoms with Gasteiger partial charge in [-0.05, 0) is 24.3 Å². The van der Waals surface area contributed by atoms with Gasteiger partial charge in [0.25, 0.3) is 5.56 Å². The van der Waals surface area contributed by atoms with E-state index in [0.717, 1.165) is 15.9 Å². The molecule has 3 nitrogen and oxygen atoms in total. The molecule has 0 bridgehead atoms. The van der Waals surface area contributed by atoms with E-state index in [-0.39, 0.29) is 5.56 Å². The van der Waals surface area contributed by atoms with Crippen molar-refractivity contribution >= 4 is 22.8 Å². The lowest BCUT2D eigenvalue weighted by molar-refractivity contribution is 0.843. The van der Waals surface area contributed by atoms with E-state index >= 15 is 0 Å². The Hall–Kier alpha value is -2.07. The molecule has 1 aromatic heterocycles. The highest BCUT2D eigenvalue weighted by Gasteiger charge is 2.09. The van der Waals surface area contributed by atoms with E-state index in [2.05, 4.69) is 4.98 Å². The second-order valence-corrected chi connectivity index (χ2v) is 5.25. The minimum Gasteiger partial charge on any atom is -0.308 e. The standard InChI is InChI=1S/C15H12N2OS/c1-17-13-10-6-5-9-12(13)16-14(15(17)18)19-11-7-3-2-4-8-11/h2-10H,1H3. The van der Waals surface area contributed by atoms with Crippen molar-refractivity contribution < 1.29 is 0 Å². The van der Waals surface area contributed by atoms with Gasteiger partial charge in [0.15, 0.2) is 5.03 Å². The van der Waals surface area contributed by atoms with Gasteiger partial charge >= 0.3 is 0 Å². The number of hydrogen-bond acceptors (Lipinski definition) is 3. The molecule has 0 N–H and O–H groups in total. The Morgan fingerprint density at radius 3 is 2.47 bits per heavy atom. The summed E-state index contributed by atoms with van der Waals surface area (Å²) in [6, 6.07) is 17.5.